The van der Waals surface area contributed by atoms with Crippen molar-refractivity contribution in [2.45, 2.75) is 73.0 Å². The van der Waals surface area contributed by atoms with Gasteiger partial charge in [0.25, 0.3) is 0 Å². The molecule has 0 unspecified atom stereocenters. The molecule has 0 N–H and O–H groups in total. The Kier molecular flexibility index (Phi) is 3.09. The van der Waals surface area contributed by atoms with E-state index >= 15 is 0 Å². The molecule has 0 aliphatic carbocycles. The first kappa shape index (κ1) is 13.9. The molecule has 0 radical (unpaired) electrons. The van der Waals surface area contributed by atoms with Gasteiger partial charge in [0.15, 0.2) is 0 Å². The Morgan fingerprint density at radius 2 is 1.72 bits per heavy atom. The van der Waals surface area contributed by atoms with Crippen molar-refractivity contribution in [1.82, 2.24) is 0 Å². The van der Waals surface area contributed by atoms with Gasteiger partial charge in [-0.15, -0.1) is 0 Å². The predicted molar refractivity (Wildman–Crippen MR) is 74.4 cm³/mol. The van der Waals surface area contributed by atoms with Gasteiger partial charge in [0.1, 0.15) is 11.7 Å². The molecule has 2 atom stereocenters. The molecule has 2 rings (SSSR count). The normalized spacial score (nSPS) is 32.7. The molecule has 0 bridgehead atoms. The van der Waals surface area contributed by atoms with Crippen LogP contribution in [0.25, 0.3) is 0 Å². The maximum absolute atomic E-state index is 6.26. The van der Waals surface area contributed by atoms with Gasteiger partial charge in [-0.1, -0.05) is 41.5 Å². The molecule has 18 heavy (non-hydrogen) atoms. The molecule has 0 saturated carbocycles. The molecule has 0 aromatic carbocycles. The van der Waals surface area contributed by atoms with Gasteiger partial charge in [0, 0.05) is 12.8 Å². The molecule has 0 spiro atoms. The van der Waals surface area contributed by atoms with Crippen molar-refractivity contribution in [2.24, 2.45) is 10.8 Å². The summed E-state index contributed by atoms with van der Waals surface area (Å²) in [6.07, 6.45) is 2.28. The lowest BCUT2D eigenvalue weighted by Gasteiger charge is -2.24. The molecule has 2 aliphatic heterocycles. The number of hydrogen-bond donors (Lipinski definition) is 0. The van der Waals surface area contributed by atoms with Crippen LogP contribution in [-0.4, -0.2) is 18.3 Å². The third kappa shape index (κ3) is 2.90. The van der Waals surface area contributed by atoms with Crippen LogP contribution in [0.2, 0.25) is 0 Å². The second-order valence-electron chi connectivity index (χ2n) is 8.30. The summed E-state index contributed by atoms with van der Waals surface area (Å²) in [5.74, 6) is 1.22. The number of allylic oxidation sites excluding steroid dienone is 1. The minimum absolute atomic E-state index is 0.0316. The van der Waals surface area contributed by atoms with E-state index < -0.39 is 0 Å². The second kappa shape index (κ2) is 4.00. The van der Waals surface area contributed by atoms with Crippen molar-refractivity contribution in [3.8, 4) is 0 Å². The van der Waals surface area contributed by atoms with Gasteiger partial charge in [0.05, 0.1) is 12.4 Å². The van der Waals surface area contributed by atoms with Crippen molar-refractivity contribution in [1.29, 1.82) is 0 Å². The Balaban J connectivity index is 2.19. The molecular formula is C16H28O2. The van der Waals surface area contributed by atoms with Crippen LogP contribution >= 0.6 is 0 Å². The van der Waals surface area contributed by atoms with E-state index in [1.807, 2.05) is 0 Å². The van der Waals surface area contributed by atoms with Gasteiger partial charge in [-0.3, -0.25) is 0 Å². The standard InChI is InChI=1S/C16H28O2/c1-14(2,3)9-12-11(15(4,5)6)8-13(18-12)16(7)10-17-16/h13H,8-10H2,1-7H3/t13-,16-/m1/s1. The number of ether oxygens (including phenoxy) is 2. The fraction of sp³-hybridized carbons (Fsp3) is 0.875. The van der Waals surface area contributed by atoms with Crippen LogP contribution in [0, 0.1) is 10.8 Å². The molecule has 1 saturated heterocycles. The van der Waals surface area contributed by atoms with Crippen molar-refractivity contribution < 1.29 is 9.47 Å². The first-order chi connectivity index (χ1) is 8.01. The maximum atomic E-state index is 6.26. The average molecular weight is 252 g/mol. The molecular weight excluding hydrogens is 224 g/mol. The van der Waals surface area contributed by atoms with Crippen molar-refractivity contribution in [3.05, 3.63) is 11.3 Å². The lowest BCUT2D eigenvalue weighted by molar-refractivity contribution is 0.0590. The first-order valence-corrected chi connectivity index (χ1v) is 7.04. The van der Waals surface area contributed by atoms with E-state index in [1.165, 1.54) is 11.3 Å². The molecule has 2 heterocycles. The summed E-state index contributed by atoms with van der Waals surface area (Å²) in [5, 5.41) is 0. The van der Waals surface area contributed by atoms with Crippen molar-refractivity contribution >= 4 is 0 Å². The van der Waals surface area contributed by atoms with Gasteiger partial charge in [0.2, 0.25) is 0 Å². The van der Waals surface area contributed by atoms with Gasteiger partial charge >= 0.3 is 0 Å². The summed E-state index contributed by atoms with van der Waals surface area (Å²) < 4.78 is 11.8. The smallest absolute Gasteiger partial charge is 0.133 e. The van der Waals surface area contributed by atoms with Crippen molar-refractivity contribution in [2.75, 3.05) is 6.61 Å². The van der Waals surface area contributed by atoms with Crippen LogP contribution in [0.4, 0.5) is 0 Å². The largest absolute Gasteiger partial charge is 0.491 e. The molecule has 0 aromatic heterocycles. The Morgan fingerprint density at radius 1 is 1.17 bits per heavy atom. The van der Waals surface area contributed by atoms with Crippen LogP contribution in [0.3, 0.4) is 0 Å². The molecule has 2 aliphatic rings. The molecule has 2 nitrogen and oxygen atoms in total. The first-order valence-electron chi connectivity index (χ1n) is 7.04. The Morgan fingerprint density at radius 3 is 2.11 bits per heavy atom. The summed E-state index contributed by atoms with van der Waals surface area (Å²) in [6.45, 7) is 16.7. The van der Waals surface area contributed by atoms with E-state index in [-0.39, 0.29) is 22.5 Å². The van der Waals surface area contributed by atoms with E-state index in [0.717, 1.165) is 19.4 Å². The molecule has 0 amide bonds. The van der Waals surface area contributed by atoms with Gasteiger partial charge < -0.3 is 9.47 Å². The average Bonchev–Trinajstić information content (AvgIpc) is 2.73. The summed E-state index contributed by atoms with van der Waals surface area (Å²) in [4.78, 5) is 0. The second-order valence-corrected chi connectivity index (χ2v) is 8.30. The summed E-state index contributed by atoms with van der Waals surface area (Å²) in [5.41, 5.74) is 1.92. The van der Waals surface area contributed by atoms with E-state index in [2.05, 4.69) is 48.5 Å². The quantitative estimate of drug-likeness (QED) is 0.683. The minimum atomic E-state index is -0.0316. The third-order valence-corrected chi connectivity index (χ3v) is 3.89. The zero-order valence-electron chi connectivity index (χ0n) is 13.0. The third-order valence-electron chi connectivity index (χ3n) is 3.89. The lowest BCUT2D eigenvalue weighted by atomic mass is 9.80. The predicted octanol–water partition coefficient (Wildman–Crippen LogP) is 4.30. The Hall–Kier alpha value is -0.500. The number of hydrogen-bond acceptors (Lipinski definition) is 2. The summed E-state index contributed by atoms with van der Waals surface area (Å²) in [7, 11) is 0. The monoisotopic (exact) mass is 252 g/mol. The van der Waals surface area contributed by atoms with Crippen LogP contribution in [0.15, 0.2) is 11.3 Å². The lowest BCUT2D eigenvalue weighted by Crippen LogP contribution is -2.27. The number of epoxide rings is 1. The number of rotatable bonds is 2. The van der Waals surface area contributed by atoms with Crippen LogP contribution < -0.4 is 0 Å². The van der Waals surface area contributed by atoms with Crippen molar-refractivity contribution in [3.63, 3.8) is 0 Å². The molecule has 2 heteroatoms. The minimum Gasteiger partial charge on any atom is -0.491 e. The summed E-state index contributed by atoms with van der Waals surface area (Å²) >= 11 is 0. The maximum Gasteiger partial charge on any atom is 0.133 e. The topological polar surface area (TPSA) is 21.8 Å². The summed E-state index contributed by atoms with van der Waals surface area (Å²) in [6, 6.07) is 0. The van der Waals surface area contributed by atoms with E-state index in [4.69, 9.17) is 9.47 Å². The van der Waals surface area contributed by atoms with Gasteiger partial charge in [-0.2, -0.15) is 0 Å². The van der Waals surface area contributed by atoms with E-state index in [1.54, 1.807) is 0 Å². The van der Waals surface area contributed by atoms with Crippen LogP contribution in [0.1, 0.15) is 61.3 Å². The van der Waals surface area contributed by atoms with Crippen LogP contribution in [0.5, 0.6) is 0 Å². The highest BCUT2D eigenvalue weighted by Crippen LogP contribution is 2.48. The Labute approximate surface area is 112 Å². The van der Waals surface area contributed by atoms with Gasteiger partial charge in [-0.05, 0) is 23.3 Å². The molecule has 0 aromatic rings. The highest BCUT2D eigenvalue weighted by Gasteiger charge is 2.52. The fourth-order valence-electron chi connectivity index (χ4n) is 2.58. The zero-order chi connectivity index (χ0) is 13.8. The highest BCUT2D eigenvalue weighted by molar-refractivity contribution is 5.24. The Bertz CT molecular complexity index is 362. The zero-order valence-corrected chi connectivity index (χ0v) is 13.0. The molecule has 104 valence electrons. The SMILES string of the molecule is CC(C)(C)CC1=C(C(C)(C)C)C[C@H]([C@@]2(C)CO2)O1. The van der Waals surface area contributed by atoms with E-state index in [9.17, 15) is 0 Å². The highest BCUT2D eigenvalue weighted by atomic mass is 16.6. The van der Waals surface area contributed by atoms with Gasteiger partial charge in [-0.25, -0.2) is 0 Å². The molecule has 1 fully saturated rings. The fourth-order valence-corrected chi connectivity index (χ4v) is 2.58. The van der Waals surface area contributed by atoms with Crippen LogP contribution in [-0.2, 0) is 9.47 Å². The van der Waals surface area contributed by atoms with E-state index in [0.29, 0.717) is 0 Å².